The smallest absolute Gasteiger partial charge is 0.236 e. The maximum Gasteiger partial charge on any atom is 0.236 e. The van der Waals surface area contributed by atoms with E-state index in [9.17, 15) is 4.79 Å². The Morgan fingerprint density at radius 2 is 2.00 bits per heavy atom. The highest BCUT2D eigenvalue weighted by Gasteiger charge is 2.12. The highest BCUT2D eigenvalue weighted by atomic mass is 35.5. The van der Waals surface area contributed by atoms with Crippen molar-refractivity contribution < 1.29 is 4.79 Å². The van der Waals surface area contributed by atoms with Crippen LogP contribution in [0.5, 0.6) is 0 Å². The molecule has 0 saturated carbocycles. The lowest BCUT2D eigenvalue weighted by Gasteiger charge is -2.09. The van der Waals surface area contributed by atoms with Crippen LogP contribution in [0.15, 0.2) is 30.6 Å². The van der Waals surface area contributed by atoms with Crippen LogP contribution in [-0.4, -0.2) is 32.0 Å². The van der Waals surface area contributed by atoms with Gasteiger partial charge in [0.1, 0.15) is 0 Å². The fourth-order valence-electron chi connectivity index (χ4n) is 2.16. The molecule has 24 heavy (non-hydrogen) atoms. The largest absolute Gasteiger partial charge is 0.368 e. The van der Waals surface area contributed by atoms with Gasteiger partial charge in [0.2, 0.25) is 11.9 Å². The number of primary amides is 1. The van der Waals surface area contributed by atoms with Crippen molar-refractivity contribution in [3.8, 4) is 0 Å². The van der Waals surface area contributed by atoms with Gasteiger partial charge in [-0.05, 0) is 17.7 Å². The second-order valence-electron chi connectivity index (χ2n) is 5.22. The Labute approximate surface area is 143 Å². The molecule has 124 valence electrons. The van der Waals surface area contributed by atoms with E-state index in [0.29, 0.717) is 34.5 Å². The van der Waals surface area contributed by atoms with E-state index in [1.165, 1.54) is 0 Å². The van der Waals surface area contributed by atoms with Gasteiger partial charge >= 0.3 is 0 Å². The van der Waals surface area contributed by atoms with Gasteiger partial charge in [-0.2, -0.15) is 9.97 Å². The number of anilines is 2. The van der Waals surface area contributed by atoms with Crippen molar-refractivity contribution in [2.24, 2.45) is 12.8 Å². The number of nitrogens with zero attached hydrogens (tertiary/aromatic N) is 4. The molecular weight excluding hydrogens is 330 g/mol. The molecule has 3 rings (SSSR count). The Morgan fingerprint density at radius 3 is 2.71 bits per heavy atom. The number of rotatable bonds is 6. The van der Waals surface area contributed by atoms with Gasteiger partial charge < -0.3 is 20.9 Å². The van der Waals surface area contributed by atoms with Crippen LogP contribution >= 0.6 is 11.6 Å². The zero-order valence-electron chi connectivity index (χ0n) is 13.0. The number of halogens is 1. The molecule has 8 nitrogen and oxygen atoms in total. The van der Waals surface area contributed by atoms with Crippen LogP contribution in [0.4, 0.5) is 11.8 Å². The SMILES string of the molecule is Cn1cnc2c(NCc3ccc(Cl)cc3)nc(NCC(N)=O)nc21. The summed E-state index contributed by atoms with van der Waals surface area (Å²) in [6, 6.07) is 7.51. The molecule has 0 bridgehead atoms. The third-order valence-electron chi connectivity index (χ3n) is 3.35. The van der Waals surface area contributed by atoms with Gasteiger partial charge in [0.25, 0.3) is 0 Å². The van der Waals surface area contributed by atoms with E-state index >= 15 is 0 Å². The monoisotopic (exact) mass is 345 g/mol. The summed E-state index contributed by atoms with van der Waals surface area (Å²) in [6.45, 7) is 0.509. The molecule has 0 fully saturated rings. The van der Waals surface area contributed by atoms with Crippen molar-refractivity contribution in [3.63, 3.8) is 0 Å². The van der Waals surface area contributed by atoms with Crippen LogP contribution in [0.2, 0.25) is 5.02 Å². The molecule has 0 radical (unpaired) electrons. The lowest BCUT2D eigenvalue weighted by Crippen LogP contribution is -2.23. The fourth-order valence-corrected chi connectivity index (χ4v) is 2.29. The summed E-state index contributed by atoms with van der Waals surface area (Å²) in [4.78, 5) is 24.0. The number of benzene rings is 1. The van der Waals surface area contributed by atoms with Crippen LogP contribution in [0.3, 0.4) is 0 Å². The first-order valence-corrected chi connectivity index (χ1v) is 7.60. The number of fused-ring (bicyclic) bond motifs is 1. The molecule has 2 heterocycles. The first-order valence-electron chi connectivity index (χ1n) is 7.22. The van der Waals surface area contributed by atoms with Crippen LogP contribution in [0, 0.1) is 0 Å². The van der Waals surface area contributed by atoms with Gasteiger partial charge in [-0.3, -0.25) is 4.79 Å². The standard InChI is InChI=1S/C15H16ClN7O/c1-23-8-20-12-13(18-6-9-2-4-10(16)5-3-9)21-15(22-14(12)23)19-7-11(17)24/h2-5,8H,6-7H2,1H3,(H2,17,24)(H2,18,19,21,22). The molecule has 3 aromatic rings. The number of carbonyl (C=O) groups excluding carboxylic acids is 1. The van der Waals surface area contributed by atoms with Crippen LogP contribution in [-0.2, 0) is 18.4 Å². The average Bonchev–Trinajstić information content (AvgIpc) is 2.94. The molecule has 0 unspecified atom stereocenters. The predicted molar refractivity (Wildman–Crippen MR) is 92.8 cm³/mol. The number of imidazole rings is 1. The average molecular weight is 346 g/mol. The number of nitrogens with one attached hydrogen (secondary N) is 2. The third-order valence-corrected chi connectivity index (χ3v) is 3.61. The number of aromatic nitrogens is 4. The first-order chi connectivity index (χ1) is 11.5. The van der Waals surface area contributed by atoms with Crippen molar-refractivity contribution in [1.29, 1.82) is 0 Å². The lowest BCUT2D eigenvalue weighted by atomic mass is 10.2. The van der Waals surface area contributed by atoms with Gasteiger partial charge in [0.15, 0.2) is 17.0 Å². The third kappa shape index (κ3) is 3.54. The normalized spacial score (nSPS) is 10.8. The van der Waals surface area contributed by atoms with Crippen molar-refractivity contribution in [2.75, 3.05) is 17.2 Å². The Bertz CT molecular complexity index is 875. The summed E-state index contributed by atoms with van der Waals surface area (Å²) < 4.78 is 1.78. The highest BCUT2D eigenvalue weighted by molar-refractivity contribution is 6.30. The minimum atomic E-state index is -0.487. The van der Waals surface area contributed by atoms with E-state index in [4.69, 9.17) is 17.3 Å². The molecule has 0 aliphatic rings. The molecule has 2 aromatic heterocycles. The van der Waals surface area contributed by atoms with Gasteiger partial charge in [-0.15, -0.1) is 0 Å². The van der Waals surface area contributed by atoms with Gasteiger partial charge in [0, 0.05) is 18.6 Å². The van der Waals surface area contributed by atoms with Crippen LogP contribution in [0.25, 0.3) is 11.2 Å². The summed E-state index contributed by atoms with van der Waals surface area (Å²) in [5.41, 5.74) is 7.49. The van der Waals surface area contributed by atoms with E-state index < -0.39 is 5.91 Å². The lowest BCUT2D eigenvalue weighted by molar-refractivity contribution is -0.116. The molecule has 0 saturated heterocycles. The molecule has 0 aliphatic carbocycles. The van der Waals surface area contributed by atoms with Crippen molar-refractivity contribution >= 4 is 40.4 Å². The number of amides is 1. The number of carbonyl (C=O) groups is 1. The Kier molecular flexibility index (Phi) is 4.48. The number of hydrogen-bond donors (Lipinski definition) is 3. The Balaban J connectivity index is 1.87. The first kappa shape index (κ1) is 16.0. The zero-order valence-corrected chi connectivity index (χ0v) is 13.7. The number of aryl methyl sites for hydroxylation is 1. The minimum Gasteiger partial charge on any atom is -0.368 e. The maximum absolute atomic E-state index is 10.9. The van der Waals surface area contributed by atoms with Crippen LogP contribution < -0.4 is 16.4 Å². The number of hydrogen-bond acceptors (Lipinski definition) is 6. The fraction of sp³-hybridized carbons (Fsp3) is 0.200. The maximum atomic E-state index is 10.9. The Morgan fingerprint density at radius 1 is 1.25 bits per heavy atom. The van der Waals surface area contributed by atoms with Crippen molar-refractivity contribution in [1.82, 2.24) is 19.5 Å². The molecule has 1 amide bonds. The highest BCUT2D eigenvalue weighted by Crippen LogP contribution is 2.21. The summed E-state index contributed by atoms with van der Waals surface area (Å²) in [7, 11) is 1.84. The molecular formula is C15H16ClN7O. The molecule has 0 aliphatic heterocycles. The molecule has 9 heteroatoms. The van der Waals surface area contributed by atoms with Crippen LogP contribution in [0.1, 0.15) is 5.56 Å². The Hall–Kier alpha value is -2.87. The zero-order chi connectivity index (χ0) is 17.1. The summed E-state index contributed by atoms with van der Waals surface area (Å²) >= 11 is 5.89. The second-order valence-corrected chi connectivity index (χ2v) is 5.66. The van der Waals surface area contributed by atoms with E-state index in [-0.39, 0.29) is 6.54 Å². The van der Waals surface area contributed by atoms with E-state index in [1.54, 1.807) is 10.9 Å². The van der Waals surface area contributed by atoms with Gasteiger partial charge in [-0.1, -0.05) is 23.7 Å². The quantitative estimate of drug-likeness (QED) is 0.624. The van der Waals surface area contributed by atoms with E-state index in [1.807, 2.05) is 31.3 Å². The van der Waals surface area contributed by atoms with E-state index in [0.717, 1.165) is 5.56 Å². The summed E-state index contributed by atoms with van der Waals surface area (Å²) in [5.74, 6) is 0.394. The van der Waals surface area contributed by atoms with Crippen molar-refractivity contribution in [3.05, 3.63) is 41.2 Å². The number of nitrogens with two attached hydrogens (primary N) is 1. The summed E-state index contributed by atoms with van der Waals surface area (Å²) in [5, 5.41) is 6.73. The molecule has 0 spiro atoms. The predicted octanol–water partition coefficient (Wildman–Crippen LogP) is 1.53. The topological polar surface area (TPSA) is 111 Å². The molecule has 4 N–H and O–H groups in total. The molecule has 0 atom stereocenters. The van der Waals surface area contributed by atoms with Gasteiger partial charge in [-0.25, -0.2) is 4.98 Å². The minimum absolute atomic E-state index is 0.0417. The van der Waals surface area contributed by atoms with Crippen molar-refractivity contribution in [2.45, 2.75) is 6.54 Å². The molecule has 1 aromatic carbocycles. The summed E-state index contributed by atoms with van der Waals surface area (Å²) in [6.07, 6.45) is 1.66. The van der Waals surface area contributed by atoms with E-state index in [2.05, 4.69) is 25.6 Å². The van der Waals surface area contributed by atoms with Gasteiger partial charge in [0.05, 0.1) is 12.9 Å². The second kappa shape index (κ2) is 6.71.